The van der Waals surface area contributed by atoms with Crippen LogP contribution in [0.2, 0.25) is 0 Å². The van der Waals surface area contributed by atoms with Crippen LogP contribution in [-0.2, 0) is 21.7 Å². The molecule has 10 nitrogen and oxygen atoms in total. The molecule has 0 aliphatic heterocycles. The van der Waals surface area contributed by atoms with E-state index in [0.29, 0.717) is 11.3 Å². The van der Waals surface area contributed by atoms with Crippen molar-refractivity contribution in [2.75, 3.05) is 16.9 Å². The summed E-state index contributed by atoms with van der Waals surface area (Å²) in [4.78, 5) is 22.6. The number of alkyl halides is 3. The number of aromatic nitrogens is 5. The summed E-state index contributed by atoms with van der Waals surface area (Å²) >= 11 is 0. The van der Waals surface area contributed by atoms with Crippen LogP contribution in [0.3, 0.4) is 0 Å². The lowest BCUT2D eigenvalue weighted by atomic mass is 10.1. The summed E-state index contributed by atoms with van der Waals surface area (Å²) in [6, 6.07) is 6.01. The summed E-state index contributed by atoms with van der Waals surface area (Å²) in [5.74, 6) is -2.08. The Bertz CT molecular complexity index is 1650. The third-order valence-corrected chi connectivity index (χ3v) is 7.05. The zero-order valence-corrected chi connectivity index (χ0v) is 20.7. The van der Waals surface area contributed by atoms with Crippen LogP contribution in [-0.4, -0.2) is 51.5 Å². The number of fused-ring (bicyclic) bond motifs is 1. The zero-order valence-electron chi connectivity index (χ0n) is 19.9. The number of halogens is 3. The van der Waals surface area contributed by atoms with Crippen LogP contribution in [0.5, 0.6) is 0 Å². The highest BCUT2D eigenvalue weighted by Gasteiger charge is 2.43. The summed E-state index contributed by atoms with van der Waals surface area (Å²) in [6.07, 6.45) is -1.22. The fourth-order valence-corrected chi connectivity index (χ4v) is 4.90. The van der Waals surface area contributed by atoms with E-state index in [1.807, 2.05) is 6.92 Å². The number of imidazole rings is 1. The van der Waals surface area contributed by atoms with Gasteiger partial charge in [-0.15, -0.1) is 0 Å². The van der Waals surface area contributed by atoms with Crippen LogP contribution in [0.4, 0.5) is 30.4 Å². The second-order valence-corrected chi connectivity index (χ2v) is 10.9. The van der Waals surface area contributed by atoms with Gasteiger partial charge in [-0.2, -0.15) is 5.10 Å². The Balaban J connectivity index is 1.59. The number of rotatable bonds is 7. The Labute approximate surface area is 209 Å². The molecule has 1 fully saturated rings. The van der Waals surface area contributed by atoms with Gasteiger partial charge in [0.25, 0.3) is 6.43 Å². The SMILES string of the molecule is Cc1cn(C)nc1-c1ccc(Nc2cc(NC(=O)[C@@H]3C[C@@H]3F)nc3[nH]c(C(F)F)nc23)c(S(C)(=O)=O)c1. The van der Waals surface area contributed by atoms with E-state index in [0.717, 1.165) is 11.8 Å². The van der Waals surface area contributed by atoms with E-state index in [1.165, 1.54) is 18.2 Å². The molecule has 1 aliphatic rings. The molecule has 0 spiro atoms. The second-order valence-electron chi connectivity index (χ2n) is 8.96. The van der Waals surface area contributed by atoms with Crippen LogP contribution in [0.15, 0.2) is 35.4 Å². The van der Waals surface area contributed by atoms with Crippen molar-refractivity contribution in [1.82, 2.24) is 24.7 Å². The maximum Gasteiger partial charge on any atom is 0.295 e. The highest BCUT2D eigenvalue weighted by Crippen LogP contribution is 2.37. The number of benzene rings is 1. The van der Waals surface area contributed by atoms with E-state index in [-0.39, 0.29) is 39.7 Å². The molecular formula is C23H22F3N7O3S. The van der Waals surface area contributed by atoms with Gasteiger partial charge in [-0.05, 0) is 31.0 Å². The predicted octanol–water partition coefficient (Wildman–Crippen LogP) is 4.05. The number of aryl methyl sites for hydroxylation is 2. The fraction of sp³-hybridized carbons (Fsp3) is 0.304. The van der Waals surface area contributed by atoms with Gasteiger partial charge in [0.15, 0.2) is 21.3 Å². The first-order chi connectivity index (χ1) is 17.4. The number of nitrogens with zero attached hydrogens (tertiary/aromatic N) is 4. The highest BCUT2D eigenvalue weighted by atomic mass is 32.2. The van der Waals surface area contributed by atoms with Gasteiger partial charge in [0.05, 0.1) is 27.9 Å². The van der Waals surface area contributed by atoms with Crippen molar-refractivity contribution in [1.29, 1.82) is 0 Å². The van der Waals surface area contributed by atoms with Crippen LogP contribution in [0.1, 0.15) is 24.2 Å². The number of hydrogen-bond donors (Lipinski definition) is 3. The van der Waals surface area contributed by atoms with Crippen molar-refractivity contribution in [3.63, 3.8) is 0 Å². The molecule has 14 heteroatoms. The lowest BCUT2D eigenvalue weighted by Gasteiger charge is -2.14. The van der Waals surface area contributed by atoms with Gasteiger partial charge in [0, 0.05) is 31.1 Å². The Kier molecular flexibility index (Phi) is 5.93. The molecule has 1 aliphatic carbocycles. The maximum absolute atomic E-state index is 13.4. The number of carbonyl (C=O) groups excluding carboxylic acids is 1. The minimum Gasteiger partial charge on any atom is -0.352 e. The number of nitrogens with one attached hydrogen (secondary N) is 3. The lowest BCUT2D eigenvalue weighted by Crippen LogP contribution is -2.16. The third kappa shape index (κ3) is 4.88. The van der Waals surface area contributed by atoms with Gasteiger partial charge < -0.3 is 15.6 Å². The number of amides is 1. The lowest BCUT2D eigenvalue weighted by molar-refractivity contribution is -0.117. The molecule has 5 rings (SSSR count). The molecule has 1 amide bonds. The molecule has 0 radical (unpaired) electrons. The molecule has 3 heterocycles. The molecule has 1 saturated carbocycles. The monoisotopic (exact) mass is 533 g/mol. The first-order valence-electron chi connectivity index (χ1n) is 11.2. The van der Waals surface area contributed by atoms with Crippen molar-refractivity contribution in [3.05, 3.63) is 41.9 Å². The number of pyridine rings is 1. The molecule has 4 aromatic rings. The molecule has 3 aromatic heterocycles. The van der Waals surface area contributed by atoms with Crippen molar-refractivity contribution in [3.8, 4) is 11.3 Å². The van der Waals surface area contributed by atoms with E-state index >= 15 is 0 Å². The van der Waals surface area contributed by atoms with Gasteiger partial charge in [-0.25, -0.2) is 31.6 Å². The molecule has 194 valence electrons. The van der Waals surface area contributed by atoms with Crippen LogP contribution >= 0.6 is 0 Å². The topological polar surface area (TPSA) is 135 Å². The summed E-state index contributed by atoms with van der Waals surface area (Å²) < 4.78 is 67.1. The average molecular weight is 534 g/mol. The van der Waals surface area contributed by atoms with Gasteiger partial charge in [-0.1, -0.05) is 6.07 Å². The molecule has 0 unspecified atom stereocenters. The van der Waals surface area contributed by atoms with E-state index in [2.05, 4.69) is 30.7 Å². The smallest absolute Gasteiger partial charge is 0.295 e. The summed E-state index contributed by atoms with van der Waals surface area (Å²) in [7, 11) is -2.01. The molecule has 37 heavy (non-hydrogen) atoms. The first kappa shape index (κ1) is 24.7. The number of hydrogen-bond acceptors (Lipinski definition) is 7. The Morgan fingerprint density at radius 3 is 2.54 bits per heavy atom. The second kappa shape index (κ2) is 8.87. The normalized spacial score (nSPS) is 17.4. The highest BCUT2D eigenvalue weighted by molar-refractivity contribution is 7.90. The van der Waals surface area contributed by atoms with Crippen LogP contribution < -0.4 is 10.6 Å². The quantitative estimate of drug-likeness (QED) is 0.326. The van der Waals surface area contributed by atoms with Crippen molar-refractivity contribution in [2.45, 2.75) is 30.8 Å². The van der Waals surface area contributed by atoms with E-state index < -0.39 is 40.1 Å². The Hall–Kier alpha value is -3.94. The standard InChI is InChI=1S/C23H22F3N7O3S/c1-10-9-33(2)32-18(10)11-4-5-14(16(6-11)37(3,35)36)27-15-8-17(29-23(34)12-7-13(12)24)28-21-19(15)30-22(31-21)20(25)26/h4-6,8-9,12-13,20H,7H2,1-3H3,(H3,27,28,29,30,31,34)/t12-,13+/m1/s1. The van der Waals surface area contributed by atoms with E-state index in [4.69, 9.17) is 0 Å². The zero-order chi connectivity index (χ0) is 26.6. The van der Waals surface area contributed by atoms with Gasteiger partial charge in [-0.3, -0.25) is 9.48 Å². The first-order valence-corrected chi connectivity index (χ1v) is 13.1. The molecular weight excluding hydrogens is 511 g/mol. The number of H-pyrrole nitrogens is 1. The maximum atomic E-state index is 13.4. The number of sulfone groups is 1. The molecule has 0 bridgehead atoms. The van der Waals surface area contributed by atoms with Crippen LogP contribution in [0, 0.1) is 12.8 Å². The molecule has 1 aromatic carbocycles. The minimum atomic E-state index is -3.76. The number of carbonyl (C=O) groups is 1. The van der Waals surface area contributed by atoms with Crippen molar-refractivity contribution in [2.24, 2.45) is 13.0 Å². The van der Waals surface area contributed by atoms with Crippen molar-refractivity contribution < 1.29 is 26.4 Å². The Morgan fingerprint density at radius 2 is 1.95 bits per heavy atom. The molecule has 0 saturated heterocycles. The third-order valence-electron chi connectivity index (χ3n) is 5.91. The van der Waals surface area contributed by atoms with E-state index in [9.17, 15) is 26.4 Å². The average Bonchev–Trinajstić information content (AvgIpc) is 3.22. The minimum absolute atomic E-state index is 0.00665. The van der Waals surface area contributed by atoms with Gasteiger partial charge in [0.2, 0.25) is 5.91 Å². The van der Waals surface area contributed by atoms with Gasteiger partial charge >= 0.3 is 0 Å². The number of anilines is 3. The molecule has 3 N–H and O–H groups in total. The summed E-state index contributed by atoms with van der Waals surface area (Å²) in [6.45, 7) is 1.85. The van der Waals surface area contributed by atoms with Crippen LogP contribution in [0.25, 0.3) is 22.4 Å². The van der Waals surface area contributed by atoms with E-state index in [1.54, 1.807) is 24.0 Å². The molecule has 2 atom stereocenters. The predicted molar refractivity (Wildman–Crippen MR) is 130 cm³/mol. The largest absolute Gasteiger partial charge is 0.352 e. The Morgan fingerprint density at radius 1 is 1.22 bits per heavy atom. The fourth-order valence-electron chi connectivity index (χ4n) is 4.04. The van der Waals surface area contributed by atoms with Crippen molar-refractivity contribution >= 4 is 44.1 Å². The summed E-state index contributed by atoms with van der Waals surface area (Å²) in [5.41, 5.74) is 2.23. The van der Waals surface area contributed by atoms with Gasteiger partial charge in [0.1, 0.15) is 17.5 Å². The summed E-state index contributed by atoms with van der Waals surface area (Å²) in [5, 5.41) is 9.81. The number of aromatic amines is 1.